The van der Waals surface area contributed by atoms with Crippen LogP contribution < -0.4 is 11.4 Å². The summed E-state index contributed by atoms with van der Waals surface area (Å²) in [4.78, 5) is 28.1. The Morgan fingerprint density at radius 2 is 2.07 bits per heavy atom. The number of benzene rings is 1. The van der Waals surface area contributed by atoms with E-state index in [1.807, 2.05) is 19.1 Å². The highest BCUT2D eigenvalue weighted by Crippen LogP contribution is 2.28. The molecule has 0 spiro atoms. The zero-order valence-corrected chi connectivity index (χ0v) is 15.4. The summed E-state index contributed by atoms with van der Waals surface area (Å²) in [5.41, 5.74) is 7.46. The fourth-order valence-electron chi connectivity index (χ4n) is 2.95. The minimum Gasteiger partial charge on any atom is -0.459 e. The van der Waals surface area contributed by atoms with Crippen LogP contribution in [0.1, 0.15) is 40.6 Å². The number of aromatic nitrogens is 2. The van der Waals surface area contributed by atoms with E-state index in [0.29, 0.717) is 24.0 Å². The topological polar surface area (TPSA) is 106 Å². The lowest BCUT2D eigenvalue weighted by Gasteiger charge is -2.17. The Bertz CT molecular complexity index is 863. The summed E-state index contributed by atoms with van der Waals surface area (Å²) in [6.45, 7) is 2.34. The van der Waals surface area contributed by atoms with Crippen molar-refractivity contribution < 1.29 is 19.0 Å². The predicted molar refractivity (Wildman–Crippen MR) is 98.2 cm³/mol. The Labute approximate surface area is 156 Å². The minimum atomic E-state index is -0.477. The molecule has 1 aromatic heterocycles. The quantitative estimate of drug-likeness (QED) is 0.770. The summed E-state index contributed by atoms with van der Waals surface area (Å²) in [7, 11) is 1.54. The van der Waals surface area contributed by atoms with Crippen LogP contribution in [0.5, 0.6) is 0 Å². The van der Waals surface area contributed by atoms with Gasteiger partial charge in [0.15, 0.2) is 0 Å². The number of carbonyl (C=O) groups excluding carboxylic acids is 1. The first-order valence-electron chi connectivity index (χ1n) is 8.73. The van der Waals surface area contributed by atoms with E-state index in [-0.39, 0.29) is 25.1 Å². The maximum atomic E-state index is 12.1. The number of hydrogen-bond acceptors (Lipinski definition) is 7. The second-order valence-corrected chi connectivity index (χ2v) is 6.53. The van der Waals surface area contributed by atoms with Crippen molar-refractivity contribution in [1.82, 2.24) is 9.55 Å². The number of ether oxygens (including phenoxy) is 3. The number of aryl methyl sites for hydroxylation is 1. The molecular formula is C19H23N3O5. The third-order valence-electron chi connectivity index (χ3n) is 4.44. The molecule has 144 valence electrons. The first kappa shape index (κ1) is 19.1. The molecule has 8 nitrogen and oxygen atoms in total. The van der Waals surface area contributed by atoms with Crippen molar-refractivity contribution in [2.45, 2.75) is 38.7 Å². The summed E-state index contributed by atoms with van der Waals surface area (Å²) < 4.78 is 17.7. The first-order chi connectivity index (χ1) is 13.0. The Morgan fingerprint density at radius 3 is 2.78 bits per heavy atom. The number of carbonyl (C=O) groups is 1. The molecule has 1 aromatic carbocycles. The van der Waals surface area contributed by atoms with Crippen LogP contribution >= 0.6 is 0 Å². The third-order valence-corrected chi connectivity index (χ3v) is 4.44. The molecule has 0 saturated carbocycles. The van der Waals surface area contributed by atoms with Crippen LogP contribution in [0.15, 0.2) is 35.3 Å². The molecule has 0 amide bonds. The van der Waals surface area contributed by atoms with Crippen LogP contribution in [-0.4, -0.2) is 35.3 Å². The van der Waals surface area contributed by atoms with Gasteiger partial charge in [0.25, 0.3) is 0 Å². The summed E-state index contributed by atoms with van der Waals surface area (Å²) in [6.07, 6.45) is 2.15. The number of nitrogens with zero attached hydrogens (tertiary/aromatic N) is 2. The van der Waals surface area contributed by atoms with E-state index in [9.17, 15) is 9.59 Å². The van der Waals surface area contributed by atoms with Crippen molar-refractivity contribution in [2.24, 2.45) is 0 Å². The second-order valence-electron chi connectivity index (χ2n) is 6.53. The Morgan fingerprint density at radius 1 is 1.33 bits per heavy atom. The molecule has 2 atom stereocenters. The maximum absolute atomic E-state index is 12.1. The van der Waals surface area contributed by atoms with Crippen molar-refractivity contribution in [3.05, 3.63) is 57.6 Å². The van der Waals surface area contributed by atoms with Gasteiger partial charge in [0, 0.05) is 18.9 Å². The van der Waals surface area contributed by atoms with Crippen LogP contribution in [0, 0.1) is 6.92 Å². The fourth-order valence-corrected chi connectivity index (χ4v) is 2.95. The molecule has 27 heavy (non-hydrogen) atoms. The summed E-state index contributed by atoms with van der Waals surface area (Å²) >= 11 is 0. The summed E-state index contributed by atoms with van der Waals surface area (Å²) in [5, 5.41) is 0. The number of anilines is 1. The van der Waals surface area contributed by atoms with E-state index in [2.05, 4.69) is 4.98 Å². The van der Waals surface area contributed by atoms with Gasteiger partial charge in [-0.3, -0.25) is 4.57 Å². The standard InChI is InChI=1S/C19H23N3O5/c1-12-3-5-13(6-4-12)18(23)26-11-15-7-8-16(27-15)22-9-14(10-25-2)17(20)21-19(22)24/h3-6,9,15-16H,7-8,10-11H2,1-2H3,(H2,20,21,24)/t15-,16+/m0/s1. The highest BCUT2D eigenvalue weighted by Gasteiger charge is 2.29. The van der Waals surface area contributed by atoms with Gasteiger partial charge in [0.2, 0.25) is 0 Å². The van der Waals surface area contributed by atoms with E-state index in [1.54, 1.807) is 25.4 Å². The number of nitrogen functional groups attached to an aromatic ring is 1. The lowest BCUT2D eigenvalue weighted by Crippen LogP contribution is -2.29. The van der Waals surface area contributed by atoms with Gasteiger partial charge in [0.1, 0.15) is 18.7 Å². The average Bonchev–Trinajstić information content (AvgIpc) is 3.11. The van der Waals surface area contributed by atoms with Crippen LogP contribution in [0.3, 0.4) is 0 Å². The molecule has 1 saturated heterocycles. The van der Waals surface area contributed by atoms with E-state index in [4.69, 9.17) is 19.9 Å². The maximum Gasteiger partial charge on any atom is 0.351 e. The number of esters is 1. The molecule has 0 aliphatic carbocycles. The normalized spacial score (nSPS) is 19.2. The van der Waals surface area contributed by atoms with Crippen LogP contribution in [0.2, 0.25) is 0 Å². The van der Waals surface area contributed by atoms with Gasteiger partial charge >= 0.3 is 11.7 Å². The number of rotatable bonds is 6. The van der Waals surface area contributed by atoms with Crippen molar-refractivity contribution in [1.29, 1.82) is 0 Å². The zero-order valence-electron chi connectivity index (χ0n) is 15.4. The van der Waals surface area contributed by atoms with Gasteiger partial charge < -0.3 is 19.9 Å². The van der Waals surface area contributed by atoms with Crippen molar-refractivity contribution in [3.8, 4) is 0 Å². The van der Waals surface area contributed by atoms with Crippen molar-refractivity contribution in [3.63, 3.8) is 0 Å². The Balaban J connectivity index is 1.60. The van der Waals surface area contributed by atoms with E-state index in [1.165, 1.54) is 4.57 Å². The third kappa shape index (κ3) is 4.53. The van der Waals surface area contributed by atoms with Crippen LogP contribution in [0.4, 0.5) is 5.82 Å². The average molecular weight is 373 g/mol. The molecule has 2 heterocycles. The molecule has 0 bridgehead atoms. The van der Waals surface area contributed by atoms with Gasteiger partial charge in [-0.15, -0.1) is 0 Å². The summed E-state index contributed by atoms with van der Waals surface area (Å²) in [5.74, 6) is -0.240. The number of hydrogen-bond donors (Lipinski definition) is 1. The molecule has 8 heteroatoms. The predicted octanol–water partition coefficient (Wildman–Crippen LogP) is 1.81. The molecule has 2 aromatic rings. The van der Waals surface area contributed by atoms with E-state index in [0.717, 1.165) is 5.56 Å². The van der Waals surface area contributed by atoms with Gasteiger partial charge in [-0.05, 0) is 31.9 Å². The highest BCUT2D eigenvalue weighted by atomic mass is 16.6. The fraction of sp³-hybridized carbons (Fsp3) is 0.421. The van der Waals surface area contributed by atoms with Crippen molar-refractivity contribution >= 4 is 11.8 Å². The van der Waals surface area contributed by atoms with Gasteiger partial charge in [-0.25, -0.2) is 9.59 Å². The summed E-state index contributed by atoms with van der Waals surface area (Å²) in [6, 6.07) is 7.17. The monoisotopic (exact) mass is 373 g/mol. The largest absolute Gasteiger partial charge is 0.459 e. The number of nitrogens with two attached hydrogens (primary N) is 1. The van der Waals surface area contributed by atoms with Gasteiger partial charge in [-0.1, -0.05) is 17.7 Å². The zero-order chi connectivity index (χ0) is 19.4. The van der Waals surface area contributed by atoms with Crippen LogP contribution in [-0.2, 0) is 20.8 Å². The lowest BCUT2D eigenvalue weighted by atomic mass is 10.1. The minimum absolute atomic E-state index is 0.130. The molecule has 2 N–H and O–H groups in total. The second kappa shape index (κ2) is 8.32. The van der Waals surface area contributed by atoms with Gasteiger partial charge in [0.05, 0.1) is 18.3 Å². The Kier molecular flexibility index (Phi) is 5.88. The lowest BCUT2D eigenvalue weighted by molar-refractivity contribution is -0.0341. The SMILES string of the molecule is COCc1cn([C@H]2CC[C@@H](COC(=O)c3ccc(C)cc3)O2)c(=O)nc1N. The number of methoxy groups -OCH3 is 1. The van der Waals surface area contributed by atoms with E-state index < -0.39 is 17.9 Å². The first-order valence-corrected chi connectivity index (χ1v) is 8.73. The molecule has 0 unspecified atom stereocenters. The molecule has 1 aliphatic rings. The van der Waals surface area contributed by atoms with Gasteiger partial charge in [-0.2, -0.15) is 4.98 Å². The molecule has 1 aliphatic heterocycles. The molecule has 1 fully saturated rings. The molecule has 3 rings (SSSR count). The smallest absolute Gasteiger partial charge is 0.351 e. The molecule has 0 radical (unpaired) electrons. The van der Waals surface area contributed by atoms with Crippen LogP contribution in [0.25, 0.3) is 0 Å². The molecular weight excluding hydrogens is 350 g/mol. The Hall–Kier alpha value is -2.71. The van der Waals surface area contributed by atoms with E-state index >= 15 is 0 Å². The van der Waals surface area contributed by atoms with Crippen molar-refractivity contribution in [2.75, 3.05) is 19.5 Å². The highest BCUT2D eigenvalue weighted by molar-refractivity contribution is 5.89.